The molecule has 0 saturated heterocycles. The summed E-state index contributed by atoms with van der Waals surface area (Å²) < 4.78 is 1.10. The highest BCUT2D eigenvalue weighted by molar-refractivity contribution is 7.18. The molecular formula is C26H25N3O2S. The molecule has 32 heavy (non-hydrogen) atoms. The lowest BCUT2D eigenvalue weighted by molar-refractivity contribution is -0.121. The fourth-order valence-electron chi connectivity index (χ4n) is 3.67. The van der Waals surface area contributed by atoms with Crippen LogP contribution in [0.25, 0.3) is 10.2 Å². The minimum absolute atomic E-state index is 0.110. The fourth-order valence-corrected chi connectivity index (χ4v) is 4.80. The third kappa shape index (κ3) is 4.41. The van der Waals surface area contributed by atoms with Gasteiger partial charge >= 0.3 is 0 Å². The van der Waals surface area contributed by atoms with Crippen molar-refractivity contribution < 1.29 is 9.59 Å². The Kier molecular flexibility index (Phi) is 6.06. The van der Waals surface area contributed by atoms with E-state index in [0.717, 1.165) is 20.8 Å². The third-order valence-corrected chi connectivity index (χ3v) is 6.56. The number of anilines is 1. The van der Waals surface area contributed by atoms with Crippen molar-refractivity contribution in [3.05, 3.63) is 95.0 Å². The molecule has 5 nitrogen and oxygen atoms in total. The second-order valence-corrected chi connectivity index (χ2v) is 9.30. The zero-order valence-corrected chi connectivity index (χ0v) is 19.1. The van der Waals surface area contributed by atoms with Crippen molar-refractivity contribution in [1.29, 1.82) is 0 Å². The van der Waals surface area contributed by atoms with Gasteiger partial charge in [0.05, 0.1) is 20.6 Å². The number of thiazole rings is 1. The van der Waals surface area contributed by atoms with E-state index in [1.165, 1.54) is 4.90 Å². The summed E-state index contributed by atoms with van der Waals surface area (Å²) in [4.78, 5) is 32.2. The van der Waals surface area contributed by atoms with Crippen LogP contribution >= 0.6 is 11.3 Å². The van der Waals surface area contributed by atoms with Crippen LogP contribution in [0.15, 0.2) is 78.9 Å². The number of carbonyl (C=O) groups excluding carboxylic acids is 2. The van der Waals surface area contributed by atoms with E-state index in [4.69, 9.17) is 4.98 Å². The molecule has 1 atom stereocenters. The number of carbonyl (C=O) groups is 2. The molecule has 1 aromatic heterocycles. The van der Waals surface area contributed by atoms with Crippen LogP contribution in [-0.2, 0) is 16.6 Å². The maximum atomic E-state index is 13.6. The highest BCUT2D eigenvalue weighted by Gasteiger charge is 2.36. The van der Waals surface area contributed by atoms with Crippen molar-refractivity contribution in [2.24, 2.45) is 0 Å². The molecule has 0 aliphatic rings. The Hall–Kier alpha value is -3.51. The van der Waals surface area contributed by atoms with Crippen LogP contribution in [0.4, 0.5) is 5.69 Å². The Labute approximate surface area is 191 Å². The zero-order chi connectivity index (χ0) is 22.7. The lowest BCUT2D eigenvalue weighted by Gasteiger charge is -2.28. The van der Waals surface area contributed by atoms with Crippen molar-refractivity contribution >= 4 is 39.1 Å². The van der Waals surface area contributed by atoms with Crippen LogP contribution in [-0.4, -0.2) is 35.8 Å². The number of aromatic nitrogens is 1. The predicted molar refractivity (Wildman–Crippen MR) is 130 cm³/mol. The summed E-state index contributed by atoms with van der Waals surface area (Å²) in [6.07, 6.45) is 0.471. The first kappa shape index (κ1) is 21.7. The molecule has 0 radical (unpaired) electrons. The molecule has 0 fully saturated rings. The molecule has 2 amide bonds. The van der Waals surface area contributed by atoms with Gasteiger partial charge in [-0.25, -0.2) is 4.98 Å². The first-order chi connectivity index (χ1) is 15.4. The van der Waals surface area contributed by atoms with Gasteiger partial charge in [-0.1, -0.05) is 48.5 Å². The molecule has 162 valence electrons. The Morgan fingerprint density at radius 2 is 1.69 bits per heavy atom. The number of amides is 2. The minimum atomic E-state index is -0.837. The smallest absolute Gasteiger partial charge is 0.253 e. The first-order valence-electron chi connectivity index (χ1n) is 10.4. The number of nitrogens with one attached hydrogen (secondary N) is 1. The van der Waals surface area contributed by atoms with Crippen LogP contribution in [0.2, 0.25) is 0 Å². The summed E-state index contributed by atoms with van der Waals surface area (Å²) in [5.41, 5.74) is 2.14. The number of hydrogen-bond donors (Lipinski definition) is 1. The minimum Gasteiger partial charge on any atom is -0.345 e. The number of rotatable bonds is 6. The maximum Gasteiger partial charge on any atom is 0.253 e. The number of benzene rings is 3. The second-order valence-electron chi connectivity index (χ2n) is 8.18. The van der Waals surface area contributed by atoms with Crippen molar-refractivity contribution in [1.82, 2.24) is 9.88 Å². The number of fused-ring (bicyclic) bond motifs is 1. The van der Waals surface area contributed by atoms with Crippen molar-refractivity contribution in [3.63, 3.8) is 0 Å². The maximum absolute atomic E-state index is 13.6. The van der Waals surface area contributed by atoms with E-state index in [1.807, 2.05) is 61.5 Å². The van der Waals surface area contributed by atoms with Gasteiger partial charge in [-0.05, 0) is 42.8 Å². The molecule has 4 aromatic rings. The molecule has 3 aromatic carbocycles. The van der Waals surface area contributed by atoms with Gasteiger partial charge < -0.3 is 10.2 Å². The summed E-state index contributed by atoms with van der Waals surface area (Å²) in [5.74, 6) is -0.251. The zero-order valence-electron chi connectivity index (χ0n) is 18.3. The van der Waals surface area contributed by atoms with Gasteiger partial charge in [0, 0.05) is 31.8 Å². The van der Waals surface area contributed by atoms with Gasteiger partial charge in [0.15, 0.2) is 0 Å². The molecule has 0 spiro atoms. The normalized spacial score (nSPS) is 12.8. The Morgan fingerprint density at radius 1 is 0.969 bits per heavy atom. The topological polar surface area (TPSA) is 62.3 Å². The second kappa shape index (κ2) is 8.93. The van der Waals surface area contributed by atoms with Gasteiger partial charge in [0.2, 0.25) is 5.91 Å². The van der Waals surface area contributed by atoms with Gasteiger partial charge in [-0.15, -0.1) is 11.3 Å². The highest BCUT2D eigenvalue weighted by atomic mass is 32.1. The van der Waals surface area contributed by atoms with Crippen LogP contribution in [0.1, 0.15) is 27.9 Å². The summed E-state index contributed by atoms with van der Waals surface area (Å²) >= 11 is 1.61. The average molecular weight is 444 g/mol. The summed E-state index contributed by atoms with van der Waals surface area (Å²) in [6, 6.07) is 24.8. The van der Waals surface area contributed by atoms with Gasteiger partial charge in [-0.2, -0.15) is 0 Å². The molecule has 1 unspecified atom stereocenters. The van der Waals surface area contributed by atoms with E-state index < -0.39 is 5.41 Å². The van der Waals surface area contributed by atoms with E-state index >= 15 is 0 Å². The van der Waals surface area contributed by atoms with Crippen LogP contribution < -0.4 is 5.32 Å². The number of para-hydroxylation sites is 1. The first-order valence-corrected chi connectivity index (χ1v) is 11.2. The average Bonchev–Trinajstić information content (AvgIpc) is 3.21. The molecule has 1 N–H and O–H groups in total. The monoisotopic (exact) mass is 443 g/mol. The summed E-state index contributed by atoms with van der Waals surface area (Å²) in [5, 5.41) is 3.94. The standard InChI is InChI=1S/C26H25N3O2S/c1-26(19-11-5-4-6-12-19,17-23-28-21-14-7-8-15-22(21)32-23)25(31)27-20-13-9-10-18(16-20)24(30)29(2)3/h4-16H,17H2,1-3H3,(H,27,31). The van der Waals surface area contributed by atoms with Gasteiger partial charge in [-0.3, -0.25) is 9.59 Å². The lowest BCUT2D eigenvalue weighted by atomic mass is 9.78. The number of nitrogens with zero attached hydrogens (tertiary/aromatic N) is 2. The molecule has 0 aliphatic carbocycles. The van der Waals surface area contributed by atoms with E-state index in [-0.39, 0.29) is 11.8 Å². The summed E-state index contributed by atoms with van der Waals surface area (Å²) in [7, 11) is 3.41. The molecule has 0 saturated carbocycles. The van der Waals surface area contributed by atoms with Crippen LogP contribution in [0.5, 0.6) is 0 Å². The van der Waals surface area contributed by atoms with Crippen molar-refractivity contribution in [3.8, 4) is 0 Å². The summed E-state index contributed by atoms with van der Waals surface area (Å²) in [6.45, 7) is 1.94. The van der Waals surface area contributed by atoms with Crippen molar-refractivity contribution in [2.75, 3.05) is 19.4 Å². The largest absolute Gasteiger partial charge is 0.345 e. The van der Waals surface area contributed by atoms with Crippen molar-refractivity contribution in [2.45, 2.75) is 18.8 Å². The Bertz CT molecular complexity index is 1230. The molecule has 0 bridgehead atoms. The molecule has 4 rings (SSSR count). The highest BCUT2D eigenvalue weighted by Crippen LogP contribution is 2.33. The Balaban J connectivity index is 1.67. The lowest BCUT2D eigenvalue weighted by Crippen LogP contribution is -2.39. The van der Waals surface area contributed by atoms with Gasteiger partial charge in [0.1, 0.15) is 0 Å². The van der Waals surface area contributed by atoms with Gasteiger partial charge in [0.25, 0.3) is 5.91 Å². The molecular weight excluding hydrogens is 418 g/mol. The predicted octanol–water partition coefficient (Wildman–Crippen LogP) is 5.14. The van der Waals surface area contributed by atoms with Crippen LogP contribution in [0.3, 0.4) is 0 Å². The van der Waals surface area contributed by atoms with E-state index in [1.54, 1.807) is 49.7 Å². The quantitative estimate of drug-likeness (QED) is 0.449. The Morgan fingerprint density at radius 3 is 2.41 bits per heavy atom. The molecule has 1 heterocycles. The van der Waals surface area contributed by atoms with E-state index in [0.29, 0.717) is 17.7 Å². The number of hydrogen-bond acceptors (Lipinski definition) is 4. The molecule has 0 aliphatic heterocycles. The fraction of sp³-hybridized carbons (Fsp3) is 0.192. The van der Waals surface area contributed by atoms with E-state index in [9.17, 15) is 9.59 Å². The van der Waals surface area contributed by atoms with Crippen LogP contribution in [0, 0.1) is 0 Å². The van der Waals surface area contributed by atoms with E-state index in [2.05, 4.69) is 5.32 Å². The SMILES string of the molecule is CN(C)C(=O)c1cccc(NC(=O)C(C)(Cc2nc3ccccc3s2)c2ccccc2)c1. The molecule has 6 heteroatoms. The third-order valence-electron chi connectivity index (χ3n) is 5.53.